The molecule has 3 fully saturated rings. The molecule has 0 N–H and O–H groups in total. The van der Waals surface area contributed by atoms with Crippen LogP contribution in [0.4, 0.5) is 20.7 Å². The Bertz CT molecular complexity index is 2190. The van der Waals surface area contributed by atoms with Crippen LogP contribution < -0.4 is 9.80 Å². The molecule has 18 heteroatoms. The molecule has 5 heterocycles. The van der Waals surface area contributed by atoms with E-state index in [1.54, 1.807) is 53.7 Å². The van der Waals surface area contributed by atoms with Crippen molar-refractivity contribution in [1.29, 1.82) is 0 Å². The molecule has 0 unspecified atom stereocenters. The van der Waals surface area contributed by atoms with Gasteiger partial charge in [0.05, 0.1) is 24.1 Å². The van der Waals surface area contributed by atoms with E-state index in [0.29, 0.717) is 48.3 Å². The zero-order chi connectivity index (χ0) is 56.5. The van der Waals surface area contributed by atoms with Crippen molar-refractivity contribution < 1.29 is 58.4 Å². The summed E-state index contributed by atoms with van der Waals surface area (Å²) in [6.07, 6.45) is 18.6. The van der Waals surface area contributed by atoms with Gasteiger partial charge in [-0.2, -0.15) is 0 Å². The van der Waals surface area contributed by atoms with Gasteiger partial charge in [0, 0.05) is 77.4 Å². The van der Waals surface area contributed by atoms with Gasteiger partial charge in [-0.15, -0.1) is 0 Å². The number of esters is 2. The van der Waals surface area contributed by atoms with Crippen molar-refractivity contribution in [3.63, 3.8) is 0 Å². The SMILES string of the molecule is C1CCOC1.CC.CCc1cnc(N2CCC(CCOCc3ccc(Br)c(F)c3)CC2)nc1.CCc1cnc(N2CCC(CCOCc3ccc(CC(=O)OC(C)(C)C)c(F)c3)CC2)nc1.[CH2-]C(=O)OC(C)(C)C.[Zn+][Br]. The molecule has 2 aromatic carbocycles. The number of rotatable bonds is 16. The monoisotopic (exact) mass is 1240 g/mol. The van der Waals surface area contributed by atoms with Crippen molar-refractivity contribution in [2.24, 2.45) is 11.8 Å². The van der Waals surface area contributed by atoms with Crippen LogP contribution >= 0.6 is 29.6 Å². The van der Waals surface area contributed by atoms with E-state index in [-0.39, 0.29) is 12.2 Å². The number of carbonyl (C=O) groups excluding carboxylic acids is 2. The van der Waals surface area contributed by atoms with Gasteiger partial charge in [0.15, 0.2) is 5.97 Å². The second-order valence-electron chi connectivity index (χ2n) is 20.4. The first-order valence-electron chi connectivity index (χ1n) is 26.9. The molecule has 0 atom stereocenters. The van der Waals surface area contributed by atoms with Crippen LogP contribution in [-0.4, -0.2) is 95.7 Å². The summed E-state index contributed by atoms with van der Waals surface area (Å²) >= 11 is 7.41. The molecule has 0 aliphatic carbocycles. The minimum atomic E-state index is -0.577. The molecule has 2 aromatic heterocycles. The molecule has 420 valence electrons. The Morgan fingerprint density at radius 1 is 0.671 bits per heavy atom. The maximum atomic E-state index is 14.4. The number of hydrogen-bond acceptors (Lipinski definition) is 13. The van der Waals surface area contributed by atoms with E-state index < -0.39 is 29.0 Å². The van der Waals surface area contributed by atoms with Crippen LogP contribution in [0.5, 0.6) is 0 Å². The second kappa shape index (κ2) is 38.0. The standard InChI is InChI=1S/C26H36FN3O3.C20H25BrFN3O.C6H11O2.C4H8O.C2H6.BrH.Zn/c1-5-19-16-28-25(29-17-19)30-11-8-20(9-12-30)10-13-32-18-21-6-7-22(23(27)14-21)15-24(31)33-26(2,3)4;1-2-15-12-23-20(24-13-15)25-8-5-16(6-9-25)7-10-26-14-17-3-4-18(21)19(22)11-17;1-5(7)8-6(2,3)4;1-2-4-5-3-1;1-2;;/h6-7,14,16-17,20H,5,8-13,15,18H2,1-4H3;3-4,11-13,16H,2,5-10,14H2,1H3;1H2,2-4H3;1-4H2;1-2H3;1H;/q;;-1;;;;+2/p-1. The molecule has 4 aromatic rings. The molecular formula is C58H86Br2F2N6O7Zn. The van der Waals surface area contributed by atoms with Crippen LogP contribution in [0.3, 0.4) is 0 Å². The zero-order valence-electron chi connectivity index (χ0n) is 47.2. The second-order valence-corrected chi connectivity index (χ2v) is 21.2. The molecule has 0 amide bonds. The molecule has 3 aliphatic heterocycles. The number of benzene rings is 2. The molecule has 3 aliphatic rings. The number of hydrogen-bond donors (Lipinski definition) is 0. The van der Waals surface area contributed by atoms with Gasteiger partial charge < -0.3 is 33.5 Å². The van der Waals surface area contributed by atoms with Crippen LogP contribution in [0.2, 0.25) is 0 Å². The predicted molar refractivity (Wildman–Crippen MR) is 303 cm³/mol. The third-order valence-corrected chi connectivity index (χ3v) is 12.6. The molecule has 13 nitrogen and oxygen atoms in total. The Labute approximate surface area is 479 Å². The summed E-state index contributed by atoms with van der Waals surface area (Å²) in [5, 5.41) is 0. The summed E-state index contributed by atoms with van der Waals surface area (Å²) in [4.78, 5) is 44.5. The van der Waals surface area contributed by atoms with E-state index in [1.165, 1.54) is 46.9 Å². The molecule has 0 spiro atoms. The van der Waals surface area contributed by atoms with E-state index in [1.807, 2.05) is 50.8 Å². The van der Waals surface area contributed by atoms with Crippen molar-refractivity contribution >= 4 is 53.4 Å². The Kier molecular flexibility index (Phi) is 34.2. The van der Waals surface area contributed by atoms with Crippen molar-refractivity contribution in [3.05, 3.63) is 112 Å². The number of anilines is 2. The molecule has 0 saturated carbocycles. The third-order valence-electron chi connectivity index (χ3n) is 12.0. The van der Waals surface area contributed by atoms with Crippen molar-refractivity contribution in [2.45, 2.75) is 164 Å². The van der Waals surface area contributed by atoms with Crippen LogP contribution in [0.1, 0.15) is 148 Å². The van der Waals surface area contributed by atoms with Gasteiger partial charge in [-0.3, -0.25) is 16.5 Å². The fourth-order valence-electron chi connectivity index (χ4n) is 7.95. The number of nitrogens with zero attached hydrogens (tertiary/aromatic N) is 6. The van der Waals surface area contributed by atoms with Gasteiger partial charge in [-0.25, -0.2) is 28.7 Å². The van der Waals surface area contributed by atoms with Gasteiger partial charge in [-0.1, -0.05) is 45.9 Å². The first kappa shape index (κ1) is 68.4. The number of aromatic nitrogens is 4. The first-order chi connectivity index (χ1) is 36.3. The predicted octanol–water partition coefficient (Wildman–Crippen LogP) is 13.5. The Morgan fingerprint density at radius 3 is 1.41 bits per heavy atom. The molecule has 0 bridgehead atoms. The average molecular weight is 1240 g/mol. The van der Waals surface area contributed by atoms with E-state index in [2.05, 4.69) is 84.8 Å². The fourth-order valence-corrected chi connectivity index (χ4v) is 8.20. The van der Waals surface area contributed by atoms with Crippen molar-refractivity contribution in [3.8, 4) is 0 Å². The first-order valence-corrected chi connectivity index (χ1v) is 34.6. The van der Waals surface area contributed by atoms with Crippen LogP contribution in [0, 0.1) is 30.4 Å². The molecule has 76 heavy (non-hydrogen) atoms. The van der Waals surface area contributed by atoms with Crippen molar-refractivity contribution in [1.82, 2.24) is 19.9 Å². The normalized spacial score (nSPS) is 14.7. The number of carbonyl (C=O) groups is 2. The summed E-state index contributed by atoms with van der Waals surface area (Å²) in [5.41, 5.74) is 3.34. The average Bonchev–Trinajstić information content (AvgIpc) is 4.00. The Balaban J connectivity index is 0.000000404. The summed E-state index contributed by atoms with van der Waals surface area (Å²) < 4.78 is 54.8. The number of ether oxygens (including phenoxy) is 5. The quantitative estimate of drug-likeness (QED) is 0.0456. The van der Waals surface area contributed by atoms with Gasteiger partial charge in [0.1, 0.15) is 22.8 Å². The summed E-state index contributed by atoms with van der Waals surface area (Å²) in [6.45, 7) is 30.2. The zero-order valence-corrected chi connectivity index (χ0v) is 53.4. The fraction of sp³-hybridized carbons (Fsp3) is 0.603. The van der Waals surface area contributed by atoms with E-state index in [4.69, 9.17) is 18.9 Å². The summed E-state index contributed by atoms with van der Waals surface area (Å²) in [6, 6.07) is 10.0. The van der Waals surface area contributed by atoms with Gasteiger partial charge in [0.25, 0.3) is 0 Å². The van der Waals surface area contributed by atoms with Crippen LogP contribution in [0.15, 0.2) is 65.7 Å². The molecule has 7 rings (SSSR count). The summed E-state index contributed by atoms with van der Waals surface area (Å²) in [5.74, 6) is 1.40. The minimum absolute atomic E-state index is 0.0727. The topological polar surface area (TPSA) is 138 Å². The number of piperidine rings is 2. The van der Waals surface area contributed by atoms with Gasteiger partial charge in [-0.05, 0) is 180 Å². The maximum absolute atomic E-state index is 14.4. The third kappa shape index (κ3) is 29.3. The molecule has 3 saturated heterocycles. The number of halogens is 4. The van der Waals surface area contributed by atoms with Gasteiger partial charge >= 0.3 is 35.9 Å². The Hall–Kier alpha value is -3.67. The Morgan fingerprint density at radius 2 is 1.08 bits per heavy atom. The van der Waals surface area contributed by atoms with Crippen LogP contribution in [0.25, 0.3) is 0 Å². The summed E-state index contributed by atoms with van der Waals surface area (Å²) in [7, 11) is 0. The van der Waals surface area contributed by atoms with Crippen LogP contribution in [-0.2, 0) is 82.1 Å². The van der Waals surface area contributed by atoms with E-state index >= 15 is 0 Å². The number of aryl methyl sites for hydroxylation is 2. The molecule has 0 radical (unpaired) electrons. The molecular weight excluding hydrogens is 1160 g/mol. The van der Waals surface area contributed by atoms with Gasteiger partial charge in [0.2, 0.25) is 11.9 Å². The van der Waals surface area contributed by atoms with Crippen molar-refractivity contribution in [2.75, 3.05) is 62.4 Å². The van der Waals surface area contributed by atoms with E-state index in [0.717, 1.165) is 119 Å². The van der Waals surface area contributed by atoms with E-state index in [9.17, 15) is 18.4 Å².